The minimum Gasteiger partial charge on any atom is -0.484 e. The van der Waals surface area contributed by atoms with E-state index < -0.39 is 5.92 Å². The van der Waals surface area contributed by atoms with Gasteiger partial charge in [0.15, 0.2) is 6.61 Å². The number of para-hydroxylation sites is 1. The van der Waals surface area contributed by atoms with Crippen LogP contribution in [0.5, 0.6) is 5.75 Å². The van der Waals surface area contributed by atoms with Crippen LogP contribution in [0.4, 0.5) is 4.39 Å². The molecule has 40 heavy (non-hydrogen) atoms. The molecule has 0 radical (unpaired) electrons. The summed E-state index contributed by atoms with van der Waals surface area (Å²) in [5, 5.41) is 7.25. The molecule has 5 rings (SSSR count). The second kappa shape index (κ2) is 13.0. The number of amides is 3. The normalized spacial score (nSPS) is 21.8. The number of aromatic amines is 1. The summed E-state index contributed by atoms with van der Waals surface area (Å²) in [5.41, 5.74) is 2.21. The number of hydrogen-bond donors (Lipinski definition) is 3. The van der Waals surface area contributed by atoms with Crippen LogP contribution in [0, 0.1) is 17.7 Å². The van der Waals surface area contributed by atoms with Gasteiger partial charge in [0, 0.05) is 48.7 Å². The molecular weight excluding hydrogens is 511 g/mol. The Bertz CT molecular complexity index is 1320. The van der Waals surface area contributed by atoms with Gasteiger partial charge in [-0.25, -0.2) is 4.39 Å². The van der Waals surface area contributed by atoms with Crippen LogP contribution in [-0.4, -0.2) is 59.9 Å². The van der Waals surface area contributed by atoms with Crippen molar-refractivity contribution < 1.29 is 23.5 Å². The van der Waals surface area contributed by atoms with Gasteiger partial charge in [-0.05, 0) is 68.0 Å². The van der Waals surface area contributed by atoms with Crippen molar-refractivity contribution in [1.82, 2.24) is 20.5 Å². The number of H-pyrrole nitrogens is 1. The number of nitrogens with zero attached hydrogens (tertiary/aromatic N) is 1. The molecule has 2 aromatic carbocycles. The molecular formula is C31H37FN4O4. The molecule has 0 unspecified atom stereocenters. The number of hydrogen-bond acceptors (Lipinski definition) is 4. The van der Waals surface area contributed by atoms with Gasteiger partial charge in [-0.3, -0.25) is 14.4 Å². The minimum atomic E-state index is -0.461. The van der Waals surface area contributed by atoms with Crippen LogP contribution in [-0.2, 0) is 20.8 Å². The lowest BCUT2D eigenvalue weighted by molar-refractivity contribution is -0.138. The summed E-state index contributed by atoms with van der Waals surface area (Å²) in [6, 6.07) is 13.2. The van der Waals surface area contributed by atoms with Gasteiger partial charge < -0.3 is 25.3 Å². The van der Waals surface area contributed by atoms with Crippen LogP contribution in [0.1, 0.15) is 44.1 Å². The number of aromatic nitrogens is 1. The van der Waals surface area contributed by atoms with Gasteiger partial charge in [0.25, 0.3) is 5.91 Å². The highest BCUT2D eigenvalue weighted by molar-refractivity contribution is 5.86. The van der Waals surface area contributed by atoms with Crippen molar-refractivity contribution in [3.63, 3.8) is 0 Å². The summed E-state index contributed by atoms with van der Waals surface area (Å²) >= 11 is 0. The molecule has 1 aliphatic heterocycles. The highest BCUT2D eigenvalue weighted by Crippen LogP contribution is 2.36. The highest BCUT2D eigenvalue weighted by Gasteiger charge is 2.45. The monoisotopic (exact) mass is 548 g/mol. The molecule has 8 nitrogen and oxygen atoms in total. The van der Waals surface area contributed by atoms with Crippen molar-refractivity contribution in [3.05, 3.63) is 66.1 Å². The molecule has 212 valence electrons. The van der Waals surface area contributed by atoms with Gasteiger partial charge in [0.2, 0.25) is 11.8 Å². The number of carbonyl (C=O) groups excluding carboxylic acids is 3. The maximum absolute atomic E-state index is 13.4. The van der Waals surface area contributed by atoms with E-state index in [2.05, 4.69) is 21.7 Å². The van der Waals surface area contributed by atoms with Gasteiger partial charge in [0.1, 0.15) is 11.6 Å². The SMILES string of the molecule is O=C(NCCc1c[nH]c2ccccc12)[C@@H]1C[C@H]2C(=O)NCCCCCCN(C(=O)COc3ccc(F)cc3)[C@H]2C1. The molecule has 1 aliphatic carbocycles. The van der Waals surface area contributed by atoms with Crippen molar-refractivity contribution in [3.8, 4) is 5.75 Å². The molecule has 1 aromatic heterocycles. The smallest absolute Gasteiger partial charge is 0.260 e. The lowest BCUT2D eigenvalue weighted by Crippen LogP contribution is -2.48. The molecule has 3 amide bonds. The Labute approximate surface area is 233 Å². The van der Waals surface area contributed by atoms with E-state index in [9.17, 15) is 18.8 Å². The first kappa shape index (κ1) is 27.7. The molecule has 1 saturated heterocycles. The standard InChI is InChI=1S/C31H37FN4O4/c32-23-9-11-24(12-10-23)40-20-29(37)36-16-6-2-1-5-14-33-31(39)26-17-22(18-28(26)36)30(38)34-15-13-21-19-35-27-8-4-3-7-25(21)27/h3-4,7-12,19,22,26,28,35H,1-2,5-6,13-18,20H2,(H,33,39)(H,34,38)/t22-,26-,28+/m1/s1. The second-order valence-corrected chi connectivity index (χ2v) is 10.8. The maximum Gasteiger partial charge on any atom is 0.260 e. The fourth-order valence-corrected chi connectivity index (χ4v) is 6.00. The van der Waals surface area contributed by atoms with Gasteiger partial charge in [0.05, 0.1) is 5.92 Å². The van der Waals surface area contributed by atoms with Crippen LogP contribution in [0.25, 0.3) is 10.9 Å². The average molecular weight is 549 g/mol. The molecule has 0 bridgehead atoms. The van der Waals surface area contributed by atoms with Crippen LogP contribution in [0.3, 0.4) is 0 Å². The molecule has 2 fully saturated rings. The van der Waals surface area contributed by atoms with E-state index in [0.29, 0.717) is 44.6 Å². The summed E-state index contributed by atoms with van der Waals surface area (Å²) in [4.78, 5) is 44.9. The fourth-order valence-electron chi connectivity index (χ4n) is 6.00. The minimum absolute atomic E-state index is 0.0813. The molecule has 3 atom stereocenters. The third kappa shape index (κ3) is 6.63. The number of rotatable bonds is 7. The zero-order valence-corrected chi connectivity index (χ0v) is 22.7. The van der Waals surface area contributed by atoms with E-state index in [0.717, 1.165) is 42.1 Å². The number of fused-ring (bicyclic) bond motifs is 2. The predicted molar refractivity (Wildman–Crippen MR) is 150 cm³/mol. The van der Waals surface area contributed by atoms with E-state index in [1.54, 1.807) is 4.90 Å². The van der Waals surface area contributed by atoms with Gasteiger partial charge >= 0.3 is 0 Å². The Morgan fingerprint density at radius 1 is 1.02 bits per heavy atom. The molecule has 9 heteroatoms. The molecule has 2 heterocycles. The van der Waals surface area contributed by atoms with E-state index in [1.807, 2.05) is 24.4 Å². The Kier molecular flexibility index (Phi) is 8.98. The van der Waals surface area contributed by atoms with Gasteiger partial charge in [-0.15, -0.1) is 0 Å². The number of benzene rings is 2. The predicted octanol–water partition coefficient (Wildman–Crippen LogP) is 3.96. The quantitative estimate of drug-likeness (QED) is 0.416. The second-order valence-electron chi connectivity index (χ2n) is 10.8. The lowest BCUT2D eigenvalue weighted by atomic mass is 10.00. The van der Waals surface area contributed by atoms with Crippen molar-refractivity contribution in [2.24, 2.45) is 11.8 Å². The Balaban J connectivity index is 1.24. The molecule has 1 saturated carbocycles. The van der Waals surface area contributed by atoms with Crippen LogP contribution >= 0.6 is 0 Å². The Morgan fingerprint density at radius 2 is 1.82 bits per heavy atom. The van der Waals surface area contributed by atoms with Crippen molar-refractivity contribution in [2.75, 3.05) is 26.2 Å². The highest BCUT2D eigenvalue weighted by atomic mass is 19.1. The first-order valence-electron chi connectivity index (χ1n) is 14.3. The van der Waals surface area contributed by atoms with Crippen LogP contribution in [0.15, 0.2) is 54.7 Å². The van der Waals surface area contributed by atoms with Gasteiger partial charge in [-0.2, -0.15) is 0 Å². The van der Waals surface area contributed by atoms with E-state index in [4.69, 9.17) is 4.74 Å². The van der Waals surface area contributed by atoms with Crippen LogP contribution in [0.2, 0.25) is 0 Å². The lowest BCUT2D eigenvalue weighted by Gasteiger charge is -2.32. The largest absolute Gasteiger partial charge is 0.484 e. The number of halogens is 1. The summed E-state index contributed by atoms with van der Waals surface area (Å²) in [6.45, 7) is 1.39. The maximum atomic E-state index is 13.4. The van der Waals surface area contributed by atoms with Crippen LogP contribution < -0.4 is 15.4 Å². The van der Waals surface area contributed by atoms with Crippen molar-refractivity contribution in [2.45, 2.75) is 51.0 Å². The number of carbonyl (C=O) groups is 3. The zero-order chi connectivity index (χ0) is 27.9. The first-order valence-corrected chi connectivity index (χ1v) is 14.3. The van der Waals surface area contributed by atoms with Crippen molar-refractivity contribution >= 4 is 28.6 Å². The summed E-state index contributed by atoms with van der Waals surface area (Å²) in [6.07, 6.45) is 7.14. The van der Waals surface area contributed by atoms with E-state index in [-0.39, 0.29) is 42.1 Å². The van der Waals surface area contributed by atoms with E-state index >= 15 is 0 Å². The Morgan fingerprint density at radius 3 is 2.67 bits per heavy atom. The Hall–Kier alpha value is -3.88. The summed E-state index contributed by atoms with van der Waals surface area (Å²) < 4.78 is 18.9. The third-order valence-corrected chi connectivity index (χ3v) is 8.13. The first-order chi connectivity index (χ1) is 19.5. The zero-order valence-electron chi connectivity index (χ0n) is 22.7. The topological polar surface area (TPSA) is 104 Å². The fraction of sp³-hybridized carbons (Fsp3) is 0.452. The molecule has 3 aromatic rings. The van der Waals surface area contributed by atoms with Crippen molar-refractivity contribution in [1.29, 1.82) is 0 Å². The molecule has 2 aliphatic rings. The number of ether oxygens (including phenoxy) is 1. The van der Waals surface area contributed by atoms with Gasteiger partial charge in [-0.1, -0.05) is 31.0 Å². The summed E-state index contributed by atoms with van der Waals surface area (Å²) in [5.74, 6) is -1.21. The average Bonchev–Trinajstić information content (AvgIpc) is 3.58. The molecule has 3 N–H and O–H groups in total. The molecule has 0 spiro atoms. The number of nitrogens with one attached hydrogen (secondary N) is 3. The third-order valence-electron chi connectivity index (χ3n) is 8.13. The summed E-state index contributed by atoms with van der Waals surface area (Å²) in [7, 11) is 0. The van der Waals surface area contributed by atoms with E-state index in [1.165, 1.54) is 24.3 Å².